The van der Waals surface area contributed by atoms with Crippen LogP contribution in [0.3, 0.4) is 0 Å². The van der Waals surface area contributed by atoms with Gasteiger partial charge in [0.1, 0.15) is 0 Å². The van der Waals surface area contributed by atoms with E-state index in [2.05, 4.69) is 4.18 Å². The Hall–Kier alpha value is 1.03. The first-order chi connectivity index (χ1) is 4.13. The smallest absolute Gasteiger partial charge is 1.00 e. The Morgan fingerprint density at radius 2 is 2.40 bits per heavy atom. The Morgan fingerprint density at radius 1 is 1.90 bits per heavy atom. The molecular weight excluding hydrogens is 165 g/mol. The molecule has 0 aliphatic heterocycles. The molecule has 58 valence electrons. The van der Waals surface area contributed by atoms with Gasteiger partial charge in [-0.15, -0.1) is 0 Å². The molecule has 0 spiro atoms. The molecular formula is C4H11NNaO3S-. The van der Waals surface area contributed by atoms with Crippen LogP contribution in [0.5, 0.6) is 0 Å². The van der Waals surface area contributed by atoms with Gasteiger partial charge in [0.25, 0.3) is 0 Å². The van der Waals surface area contributed by atoms with Gasteiger partial charge in [-0.3, -0.25) is 0 Å². The minimum absolute atomic E-state index is 0. The number of rotatable bonds is 4. The second kappa shape index (κ2) is 8.13. The van der Waals surface area contributed by atoms with E-state index in [0.29, 0.717) is 6.42 Å². The molecule has 2 unspecified atom stereocenters. The summed E-state index contributed by atoms with van der Waals surface area (Å²) in [5.41, 5.74) is 5.30. The molecule has 0 bridgehead atoms. The molecule has 10 heavy (non-hydrogen) atoms. The van der Waals surface area contributed by atoms with E-state index in [1.54, 1.807) is 6.92 Å². The van der Waals surface area contributed by atoms with Crippen LogP contribution in [0.25, 0.3) is 0 Å². The summed E-state index contributed by atoms with van der Waals surface area (Å²) in [6.45, 7) is 1.96. The van der Waals surface area contributed by atoms with Gasteiger partial charge in [0, 0.05) is 6.04 Å². The van der Waals surface area contributed by atoms with Crippen molar-refractivity contribution in [2.24, 2.45) is 5.73 Å². The van der Waals surface area contributed by atoms with Gasteiger partial charge in [-0.25, -0.2) is 4.21 Å². The van der Waals surface area contributed by atoms with Crippen LogP contribution in [0.15, 0.2) is 0 Å². The molecule has 0 aromatic heterocycles. The van der Waals surface area contributed by atoms with Crippen LogP contribution in [-0.2, 0) is 15.5 Å². The van der Waals surface area contributed by atoms with Gasteiger partial charge in [-0.1, -0.05) is 0 Å². The van der Waals surface area contributed by atoms with Crippen LogP contribution in [0.2, 0.25) is 0 Å². The van der Waals surface area contributed by atoms with E-state index in [0.717, 1.165) is 0 Å². The van der Waals surface area contributed by atoms with Crippen LogP contribution in [-0.4, -0.2) is 21.4 Å². The van der Waals surface area contributed by atoms with E-state index in [4.69, 9.17) is 5.73 Å². The monoisotopic (exact) mass is 176 g/mol. The van der Waals surface area contributed by atoms with Crippen LogP contribution in [0.4, 0.5) is 0 Å². The van der Waals surface area contributed by atoms with Crippen molar-refractivity contribution in [2.45, 2.75) is 19.4 Å². The van der Waals surface area contributed by atoms with Gasteiger partial charge < -0.3 is 15.9 Å². The van der Waals surface area contributed by atoms with Crippen molar-refractivity contribution < 1.29 is 43.9 Å². The molecule has 0 saturated heterocycles. The summed E-state index contributed by atoms with van der Waals surface area (Å²) in [5.74, 6) is 0. The summed E-state index contributed by atoms with van der Waals surface area (Å²) in [6.07, 6.45) is 0.563. The van der Waals surface area contributed by atoms with Crippen molar-refractivity contribution in [2.75, 3.05) is 6.61 Å². The molecule has 0 aromatic carbocycles. The van der Waals surface area contributed by atoms with Crippen LogP contribution in [0, 0.1) is 0 Å². The summed E-state index contributed by atoms with van der Waals surface area (Å²) >= 11 is -2.39. The first-order valence-corrected chi connectivity index (χ1v) is 3.61. The SMILES string of the molecule is CC(N)CCOS(=O)[O-].[H-].[Na+]. The molecule has 0 saturated carbocycles. The van der Waals surface area contributed by atoms with Gasteiger partial charge in [0.05, 0.1) is 18.0 Å². The molecule has 0 aliphatic carbocycles. The maximum absolute atomic E-state index is 9.72. The van der Waals surface area contributed by atoms with Crippen molar-refractivity contribution >= 4 is 11.4 Å². The zero-order valence-electron chi connectivity index (χ0n) is 7.20. The van der Waals surface area contributed by atoms with E-state index in [9.17, 15) is 8.76 Å². The van der Waals surface area contributed by atoms with Crippen molar-refractivity contribution in [1.82, 2.24) is 0 Å². The quantitative estimate of drug-likeness (QED) is 0.359. The molecule has 0 heterocycles. The van der Waals surface area contributed by atoms with Gasteiger partial charge in [0.15, 0.2) is 0 Å². The minimum atomic E-state index is -2.39. The van der Waals surface area contributed by atoms with E-state index in [-0.39, 0.29) is 43.6 Å². The molecule has 2 N–H and O–H groups in total. The van der Waals surface area contributed by atoms with E-state index >= 15 is 0 Å². The van der Waals surface area contributed by atoms with Gasteiger partial charge in [-0.2, -0.15) is 0 Å². The van der Waals surface area contributed by atoms with Crippen molar-refractivity contribution in [1.29, 1.82) is 0 Å². The van der Waals surface area contributed by atoms with Crippen molar-refractivity contribution in [3.05, 3.63) is 0 Å². The fourth-order valence-corrected chi connectivity index (χ4v) is 0.534. The number of hydrogen-bond donors (Lipinski definition) is 1. The summed E-state index contributed by atoms with van der Waals surface area (Å²) in [5, 5.41) is 0. The Bertz CT molecular complexity index is 105. The summed E-state index contributed by atoms with van der Waals surface area (Å²) in [4.78, 5) is 0. The maximum atomic E-state index is 9.72. The molecule has 0 radical (unpaired) electrons. The fourth-order valence-electron chi connectivity index (χ4n) is 0.302. The molecule has 0 fully saturated rings. The predicted molar refractivity (Wildman–Crippen MR) is 34.3 cm³/mol. The minimum Gasteiger partial charge on any atom is -1.00 e. The second-order valence-corrected chi connectivity index (χ2v) is 2.44. The molecule has 0 amide bonds. The Labute approximate surface area is 86.8 Å². The molecule has 0 rings (SSSR count). The van der Waals surface area contributed by atoms with Gasteiger partial charge in [-0.05, 0) is 13.3 Å². The van der Waals surface area contributed by atoms with Crippen LogP contribution >= 0.6 is 0 Å². The fraction of sp³-hybridized carbons (Fsp3) is 1.00. The Morgan fingerprint density at radius 3 is 2.70 bits per heavy atom. The zero-order chi connectivity index (χ0) is 7.28. The third-order valence-electron chi connectivity index (χ3n) is 0.753. The van der Waals surface area contributed by atoms with Gasteiger partial charge >= 0.3 is 29.6 Å². The van der Waals surface area contributed by atoms with E-state index in [1.807, 2.05) is 0 Å². The third kappa shape index (κ3) is 11.8. The standard InChI is InChI=1S/C4H11NO3S.Na.H/c1-4(5)2-3-8-9(6)7;;/h4H,2-3,5H2,1H3,(H,6,7);;/q;+1;-1/p-1. The van der Waals surface area contributed by atoms with Crippen molar-refractivity contribution in [3.8, 4) is 0 Å². The molecule has 6 heteroatoms. The maximum Gasteiger partial charge on any atom is 1.00 e. The topological polar surface area (TPSA) is 75.4 Å². The Balaban J connectivity index is -0.000000320. The molecule has 0 aliphatic rings. The molecule has 2 atom stereocenters. The number of nitrogens with two attached hydrogens (primary N) is 1. The van der Waals surface area contributed by atoms with Crippen LogP contribution in [0.1, 0.15) is 14.8 Å². The Kier molecular flexibility index (Phi) is 11.1. The first-order valence-electron chi connectivity index (χ1n) is 2.61. The van der Waals surface area contributed by atoms with Gasteiger partial charge in [0.2, 0.25) is 0 Å². The second-order valence-electron chi connectivity index (χ2n) is 1.79. The summed E-state index contributed by atoms with van der Waals surface area (Å²) in [6, 6.07) is -0.00597. The first kappa shape index (κ1) is 13.6. The largest absolute Gasteiger partial charge is 1.00 e. The molecule has 4 nitrogen and oxygen atoms in total. The van der Waals surface area contributed by atoms with E-state index in [1.165, 1.54) is 0 Å². The van der Waals surface area contributed by atoms with Crippen molar-refractivity contribution in [3.63, 3.8) is 0 Å². The zero-order valence-corrected chi connectivity index (χ0v) is 9.02. The predicted octanol–water partition coefficient (Wildman–Crippen LogP) is -3.35. The average molecular weight is 176 g/mol. The number of hydrogen-bond acceptors (Lipinski definition) is 4. The van der Waals surface area contributed by atoms with Crippen LogP contribution < -0.4 is 35.3 Å². The summed E-state index contributed by atoms with van der Waals surface area (Å²) in [7, 11) is 0. The normalized spacial score (nSPS) is 15.5. The molecule has 0 aromatic rings. The average Bonchev–Trinajstić information content (AvgIpc) is 1.63. The third-order valence-corrected chi connectivity index (χ3v) is 1.11. The summed E-state index contributed by atoms with van der Waals surface area (Å²) < 4.78 is 23.6. The van der Waals surface area contributed by atoms with E-state index < -0.39 is 11.4 Å².